The summed E-state index contributed by atoms with van der Waals surface area (Å²) in [7, 11) is -3.12. The van der Waals surface area contributed by atoms with Crippen LogP contribution in [-0.2, 0) is 20.4 Å². The molecule has 0 fully saturated rings. The minimum atomic E-state index is -3.12. The predicted octanol–water partition coefficient (Wildman–Crippen LogP) is 3.00. The Labute approximate surface area is 149 Å². The molecule has 0 radical (unpaired) electrons. The Morgan fingerprint density at radius 1 is 1.29 bits per heavy atom. The number of sulfone groups is 1. The standard InChI is InChI=1S/C16H15ClN2O3S2/c1-3-15(20)18-19-16(11-4-6-12(17)7-5-11)14-9-8-13(23-14)10-24(2,21)22/h3-9H,1,10H2,2H3,(H,18,20). The topological polar surface area (TPSA) is 75.6 Å². The molecule has 1 N–H and O–H groups in total. The molecule has 0 unspecified atom stereocenters. The Morgan fingerprint density at radius 2 is 1.96 bits per heavy atom. The molecule has 1 heterocycles. The molecule has 5 nitrogen and oxygen atoms in total. The number of carbonyl (C=O) groups excluding carboxylic acids is 1. The molecule has 1 aromatic heterocycles. The molecule has 1 amide bonds. The van der Waals surface area contributed by atoms with Gasteiger partial charge in [-0.05, 0) is 30.3 Å². The van der Waals surface area contributed by atoms with Crippen LogP contribution in [0.5, 0.6) is 0 Å². The van der Waals surface area contributed by atoms with Crippen LogP contribution in [0.15, 0.2) is 54.2 Å². The van der Waals surface area contributed by atoms with Crippen LogP contribution in [0, 0.1) is 0 Å². The summed E-state index contributed by atoms with van der Waals surface area (Å²) in [6.07, 6.45) is 2.30. The summed E-state index contributed by atoms with van der Waals surface area (Å²) in [6, 6.07) is 10.5. The van der Waals surface area contributed by atoms with Gasteiger partial charge in [0.1, 0.15) is 5.71 Å². The SMILES string of the molecule is C=CC(=O)NN=C(c1ccc(Cl)cc1)c1ccc(CS(C)(=O)=O)s1. The largest absolute Gasteiger partial charge is 0.268 e. The van der Waals surface area contributed by atoms with Crippen LogP contribution in [0.4, 0.5) is 0 Å². The lowest BCUT2D eigenvalue weighted by Gasteiger charge is -2.05. The molecule has 0 atom stereocenters. The van der Waals surface area contributed by atoms with E-state index in [0.717, 1.165) is 16.5 Å². The van der Waals surface area contributed by atoms with E-state index in [1.54, 1.807) is 36.4 Å². The minimum absolute atomic E-state index is 0.0371. The average molecular weight is 383 g/mol. The fourth-order valence-corrected chi connectivity index (χ4v) is 4.30. The van der Waals surface area contributed by atoms with Gasteiger partial charge in [-0.1, -0.05) is 30.3 Å². The van der Waals surface area contributed by atoms with E-state index in [1.807, 2.05) is 0 Å². The van der Waals surface area contributed by atoms with Crippen LogP contribution in [0.2, 0.25) is 5.02 Å². The van der Waals surface area contributed by atoms with Crippen molar-refractivity contribution in [3.63, 3.8) is 0 Å². The van der Waals surface area contributed by atoms with Crippen molar-refractivity contribution in [3.8, 4) is 0 Å². The third kappa shape index (κ3) is 5.30. The number of nitrogens with one attached hydrogen (secondary N) is 1. The minimum Gasteiger partial charge on any atom is -0.268 e. The lowest BCUT2D eigenvalue weighted by Crippen LogP contribution is -2.17. The van der Waals surface area contributed by atoms with E-state index in [1.165, 1.54) is 17.6 Å². The zero-order valence-corrected chi connectivity index (χ0v) is 15.2. The van der Waals surface area contributed by atoms with E-state index >= 15 is 0 Å². The smallest absolute Gasteiger partial charge is 0.263 e. The van der Waals surface area contributed by atoms with Gasteiger partial charge in [-0.3, -0.25) is 4.79 Å². The molecule has 0 bridgehead atoms. The number of halogens is 1. The van der Waals surface area contributed by atoms with Crippen molar-refractivity contribution in [2.75, 3.05) is 6.26 Å². The fraction of sp³-hybridized carbons (Fsp3) is 0.125. The van der Waals surface area contributed by atoms with Gasteiger partial charge in [0.05, 0.1) is 10.6 Å². The molecule has 0 aliphatic carbocycles. The van der Waals surface area contributed by atoms with Gasteiger partial charge in [0.2, 0.25) is 0 Å². The number of hydrazone groups is 1. The normalized spacial score (nSPS) is 12.0. The van der Waals surface area contributed by atoms with E-state index in [0.29, 0.717) is 15.6 Å². The maximum Gasteiger partial charge on any atom is 0.263 e. The summed E-state index contributed by atoms with van der Waals surface area (Å²) in [6.45, 7) is 3.38. The summed E-state index contributed by atoms with van der Waals surface area (Å²) < 4.78 is 22.9. The Balaban J connectivity index is 2.40. The number of thiophene rings is 1. The van der Waals surface area contributed by atoms with E-state index in [9.17, 15) is 13.2 Å². The number of hydrogen-bond acceptors (Lipinski definition) is 5. The van der Waals surface area contributed by atoms with Gasteiger partial charge >= 0.3 is 0 Å². The molecular weight excluding hydrogens is 368 g/mol. The second-order valence-electron chi connectivity index (χ2n) is 4.98. The highest BCUT2D eigenvalue weighted by Gasteiger charge is 2.13. The van der Waals surface area contributed by atoms with Crippen LogP contribution in [-0.4, -0.2) is 26.3 Å². The van der Waals surface area contributed by atoms with Crippen LogP contribution < -0.4 is 5.43 Å². The lowest BCUT2D eigenvalue weighted by atomic mass is 10.1. The Hall–Kier alpha value is -1.96. The van der Waals surface area contributed by atoms with Gasteiger partial charge in [0.25, 0.3) is 5.91 Å². The molecule has 1 aromatic carbocycles. The van der Waals surface area contributed by atoms with Crippen LogP contribution in [0.3, 0.4) is 0 Å². The van der Waals surface area contributed by atoms with Gasteiger partial charge in [0, 0.05) is 21.7 Å². The van der Waals surface area contributed by atoms with Crippen molar-refractivity contribution in [2.45, 2.75) is 5.75 Å². The molecule has 0 aliphatic heterocycles. The Morgan fingerprint density at radius 3 is 2.54 bits per heavy atom. The van der Waals surface area contributed by atoms with E-state index in [2.05, 4.69) is 17.1 Å². The van der Waals surface area contributed by atoms with Crippen molar-refractivity contribution < 1.29 is 13.2 Å². The summed E-state index contributed by atoms with van der Waals surface area (Å²) in [5.74, 6) is -0.473. The van der Waals surface area contributed by atoms with Gasteiger partial charge in [-0.25, -0.2) is 13.8 Å². The van der Waals surface area contributed by atoms with Gasteiger partial charge in [-0.2, -0.15) is 5.10 Å². The van der Waals surface area contributed by atoms with Crippen LogP contribution in [0.25, 0.3) is 0 Å². The zero-order chi connectivity index (χ0) is 17.7. The first-order valence-electron chi connectivity index (χ1n) is 6.81. The molecular formula is C16H15ClN2O3S2. The van der Waals surface area contributed by atoms with Gasteiger partial charge in [-0.15, -0.1) is 11.3 Å². The predicted molar refractivity (Wildman–Crippen MR) is 98.3 cm³/mol. The molecule has 0 spiro atoms. The first-order chi connectivity index (χ1) is 11.3. The second kappa shape index (κ2) is 7.74. The molecule has 0 aliphatic rings. The number of amides is 1. The molecule has 2 rings (SSSR count). The Kier molecular flexibility index (Phi) is 5.93. The highest BCUT2D eigenvalue weighted by Crippen LogP contribution is 2.23. The maximum absolute atomic E-state index is 11.4. The highest BCUT2D eigenvalue weighted by molar-refractivity contribution is 7.90. The average Bonchev–Trinajstić information content (AvgIpc) is 2.95. The van der Waals surface area contributed by atoms with Gasteiger partial charge < -0.3 is 0 Å². The third-order valence-corrected chi connectivity index (χ3v) is 5.24. The lowest BCUT2D eigenvalue weighted by molar-refractivity contribution is -0.116. The van der Waals surface area contributed by atoms with Crippen LogP contribution >= 0.6 is 22.9 Å². The number of benzene rings is 1. The quantitative estimate of drug-likeness (QED) is 0.474. The number of rotatable bonds is 6. The van der Waals surface area contributed by atoms with Crippen molar-refractivity contribution in [1.29, 1.82) is 0 Å². The molecule has 126 valence electrons. The van der Waals surface area contributed by atoms with Crippen molar-refractivity contribution >= 4 is 44.4 Å². The van der Waals surface area contributed by atoms with Crippen molar-refractivity contribution in [3.05, 3.63) is 69.4 Å². The molecule has 2 aromatic rings. The third-order valence-electron chi connectivity index (χ3n) is 2.88. The summed E-state index contributed by atoms with van der Waals surface area (Å²) in [5.41, 5.74) is 3.65. The monoisotopic (exact) mass is 382 g/mol. The van der Waals surface area contributed by atoms with Crippen LogP contribution in [0.1, 0.15) is 15.3 Å². The zero-order valence-electron chi connectivity index (χ0n) is 12.8. The molecule has 0 saturated heterocycles. The van der Waals surface area contributed by atoms with Gasteiger partial charge in [0.15, 0.2) is 9.84 Å². The fourth-order valence-electron chi connectivity index (χ4n) is 1.87. The van der Waals surface area contributed by atoms with Crippen molar-refractivity contribution in [1.82, 2.24) is 5.43 Å². The van der Waals surface area contributed by atoms with Crippen molar-refractivity contribution in [2.24, 2.45) is 5.10 Å². The second-order valence-corrected chi connectivity index (χ2v) is 8.73. The highest BCUT2D eigenvalue weighted by atomic mass is 35.5. The number of carbonyl (C=O) groups is 1. The molecule has 0 saturated carbocycles. The summed E-state index contributed by atoms with van der Waals surface area (Å²) in [5, 5.41) is 4.72. The van der Waals surface area contributed by atoms with E-state index in [4.69, 9.17) is 11.6 Å². The number of hydrogen-bond donors (Lipinski definition) is 1. The number of nitrogens with zero attached hydrogens (tertiary/aromatic N) is 1. The first kappa shape index (κ1) is 18.4. The van der Waals surface area contributed by atoms with E-state index in [-0.39, 0.29) is 5.75 Å². The first-order valence-corrected chi connectivity index (χ1v) is 10.1. The summed E-state index contributed by atoms with van der Waals surface area (Å²) in [4.78, 5) is 12.8. The maximum atomic E-state index is 11.4. The Bertz CT molecular complexity index is 884. The molecule has 8 heteroatoms. The van der Waals surface area contributed by atoms with E-state index < -0.39 is 15.7 Å². The molecule has 24 heavy (non-hydrogen) atoms. The summed E-state index contributed by atoms with van der Waals surface area (Å²) >= 11 is 7.21.